The van der Waals surface area contributed by atoms with Crippen LogP contribution in [0.5, 0.6) is 0 Å². The fourth-order valence-corrected chi connectivity index (χ4v) is 2.18. The summed E-state index contributed by atoms with van der Waals surface area (Å²) in [6, 6.07) is 9.47. The van der Waals surface area contributed by atoms with Crippen molar-refractivity contribution in [2.24, 2.45) is 5.73 Å². The lowest BCUT2D eigenvalue weighted by atomic mass is 10.1. The van der Waals surface area contributed by atoms with E-state index in [9.17, 15) is 4.79 Å². The second kappa shape index (κ2) is 7.11. The standard InChI is InChI=1S/C14H21N3O2/c15-8-11-19-13-6-9-17(10-7-13)14(18)16-12-4-2-1-3-5-12/h1-5,13H,6-11,15H2,(H,16,18). The Labute approximate surface area is 113 Å². The molecule has 3 N–H and O–H groups in total. The van der Waals surface area contributed by atoms with Crippen molar-refractivity contribution < 1.29 is 9.53 Å². The summed E-state index contributed by atoms with van der Waals surface area (Å²) in [5.74, 6) is 0. The van der Waals surface area contributed by atoms with E-state index in [2.05, 4.69) is 5.32 Å². The summed E-state index contributed by atoms with van der Waals surface area (Å²) >= 11 is 0. The van der Waals surface area contributed by atoms with Gasteiger partial charge < -0.3 is 20.7 Å². The van der Waals surface area contributed by atoms with E-state index in [0.29, 0.717) is 13.2 Å². The predicted octanol–water partition coefficient (Wildman–Crippen LogP) is 1.66. The lowest BCUT2D eigenvalue weighted by Gasteiger charge is -2.31. The molecule has 0 aliphatic carbocycles. The second-order valence-electron chi connectivity index (χ2n) is 4.64. The third kappa shape index (κ3) is 4.22. The number of carbonyl (C=O) groups is 1. The Balaban J connectivity index is 1.76. The van der Waals surface area contributed by atoms with Gasteiger partial charge in [-0.3, -0.25) is 0 Å². The largest absolute Gasteiger partial charge is 0.377 e. The lowest BCUT2D eigenvalue weighted by molar-refractivity contribution is 0.0201. The number of ether oxygens (including phenoxy) is 1. The molecule has 0 spiro atoms. The van der Waals surface area contributed by atoms with Gasteiger partial charge in [-0.1, -0.05) is 18.2 Å². The highest BCUT2D eigenvalue weighted by molar-refractivity contribution is 5.89. The van der Waals surface area contributed by atoms with Gasteiger partial charge in [-0.25, -0.2) is 4.79 Å². The molecular formula is C14H21N3O2. The number of hydrogen-bond acceptors (Lipinski definition) is 3. The van der Waals surface area contributed by atoms with E-state index in [1.807, 2.05) is 35.2 Å². The highest BCUT2D eigenvalue weighted by Gasteiger charge is 2.22. The van der Waals surface area contributed by atoms with E-state index >= 15 is 0 Å². The Hall–Kier alpha value is -1.59. The van der Waals surface area contributed by atoms with Crippen molar-refractivity contribution in [3.05, 3.63) is 30.3 Å². The van der Waals surface area contributed by atoms with Crippen molar-refractivity contribution >= 4 is 11.7 Å². The van der Waals surface area contributed by atoms with Crippen LogP contribution in [0.25, 0.3) is 0 Å². The number of urea groups is 1. The maximum atomic E-state index is 12.0. The van der Waals surface area contributed by atoms with Crippen LogP contribution in [0.3, 0.4) is 0 Å². The molecule has 104 valence electrons. The van der Waals surface area contributed by atoms with Gasteiger partial charge in [-0.15, -0.1) is 0 Å². The topological polar surface area (TPSA) is 67.6 Å². The molecule has 0 atom stereocenters. The lowest BCUT2D eigenvalue weighted by Crippen LogP contribution is -2.43. The minimum atomic E-state index is -0.0384. The summed E-state index contributed by atoms with van der Waals surface area (Å²) in [5, 5.41) is 2.90. The monoisotopic (exact) mass is 263 g/mol. The van der Waals surface area contributed by atoms with Crippen molar-refractivity contribution in [2.45, 2.75) is 18.9 Å². The molecule has 2 rings (SSSR count). The number of rotatable bonds is 4. The van der Waals surface area contributed by atoms with E-state index in [1.165, 1.54) is 0 Å². The summed E-state index contributed by atoms with van der Waals surface area (Å²) in [7, 11) is 0. The summed E-state index contributed by atoms with van der Waals surface area (Å²) < 4.78 is 5.60. The Morgan fingerprint density at radius 1 is 1.32 bits per heavy atom. The van der Waals surface area contributed by atoms with Gasteiger partial charge >= 0.3 is 6.03 Å². The third-order valence-corrected chi connectivity index (χ3v) is 3.23. The number of amides is 2. The van der Waals surface area contributed by atoms with Crippen LogP contribution < -0.4 is 11.1 Å². The van der Waals surface area contributed by atoms with Gasteiger partial charge in [0.05, 0.1) is 12.7 Å². The Bertz CT molecular complexity index is 389. The third-order valence-electron chi connectivity index (χ3n) is 3.23. The summed E-state index contributed by atoms with van der Waals surface area (Å²) in [4.78, 5) is 13.9. The van der Waals surface area contributed by atoms with Crippen LogP contribution in [0, 0.1) is 0 Å². The predicted molar refractivity (Wildman–Crippen MR) is 75.1 cm³/mol. The van der Waals surface area contributed by atoms with Crippen LogP contribution in [0.1, 0.15) is 12.8 Å². The molecule has 1 aliphatic heterocycles. The van der Waals surface area contributed by atoms with Crippen molar-refractivity contribution in [1.82, 2.24) is 4.90 Å². The van der Waals surface area contributed by atoms with Crippen LogP contribution in [0.15, 0.2) is 30.3 Å². The number of benzene rings is 1. The first-order valence-corrected chi connectivity index (χ1v) is 6.72. The molecule has 0 aromatic heterocycles. The number of anilines is 1. The Morgan fingerprint density at radius 3 is 2.63 bits per heavy atom. The number of para-hydroxylation sites is 1. The molecule has 0 unspecified atom stereocenters. The minimum absolute atomic E-state index is 0.0384. The maximum absolute atomic E-state index is 12.0. The minimum Gasteiger partial charge on any atom is -0.377 e. The average Bonchev–Trinajstić information content (AvgIpc) is 2.46. The van der Waals surface area contributed by atoms with Crippen LogP contribution in [-0.2, 0) is 4.74 Å². The van der Waals surface area contributed by atoms with Crippen molar-refractivity contribution in [1.29, 1.82) is 0 Å². The van der Waals surface area contributed by atoms with Crippen LogP contribution in [0.2, 0.25) is 0 Å². The Kier molecular flexibility index (Phi) is 5.18. The first-order valence-electron chi connectivity index (χ1n) is 6.72. The van der Waals surface area contributed by atoms with Gasteiger partial charge in [-0.2, -0.15) is 0 Å². The van der Waals surface area contributed by atoms with E-state index in [-0.39, 0.29) is 12.1 Å². The zero-order chi connectivity index (χ0) is 13.5. The molecule has 1 saturated heterocycles. The van der Waals surface area contributed by atoms with Crippen molar-refractivity contribution in [3.63, 3.8) is 0 Å². The van der Waals surface area contributed by atoms with Gasteiger partial charge in [0.25, 0.3) is 0 Å². The molecule has 19 heavy (non-hydrogen) atoms. The van der Waals surface area contributed by atoms with E-state index in [4.69, 9.17) is 10.5 Å². The summed E-state index contributed by atoms with van der Waals surface area (Å²) in [5.41, 5.74) is 6.24. The molecule has 5 heteroatoms. The summed E-state index contributed by atoms with van der Waals surface area (Å²) in [6.45, 7) is 2.61. The zero-order valence-electron chi connectivity index (χ0n) is 11.0. The molecule has 0 radical (unpaired) electrons. The molecular weight excluding hydrogens is 242 g/mol. The van der Waals surface area contributed by atoms with E-state index in [1.54, 1.807) is 0 Å². The molecule has 1 aliphatic rings. The van der Waals surface area contributed by atoms with Crippen LogP contribution in [0.4, 0.5) is 10.5 Å². The molecule has 1 aromatic carbocycles. The van der Waals surface area contributed by atoms with Crippen LogP contribution >= 0.6 is 0 Å². The number of carbonyl (C=O) groups excluding carboxylic acids is 1. The van der Waals surface area contributed by atoms with Gasteiger partial charge in [0.2, 0.25) is 0 Å². The number of nitrogens with zero attached hydrogens (tertiary/aromatic N) is 1. The van der Waals surface area contributed by atoms with Crippen molar-refractivity contribution in [2.75, 3.05) is 31.6 Å². The quantitative estimate of drug-likeness (QED) is 0.868. The summed E-state index contributed by atoms with van der Waals surface area (Å²) in [6.07, 6.45) is 1.99. The zero-order valence-corrected chi connectivity index (χ0v) is 11.0. The van der Waals surface area contributed by atoms with E-state index in [0.717, 1.165) is 31.6 Å². The number of nitrogens with one attached hydrogen (secondary N) is 1. The van der Waals surface area contributed by atoms with Crippen LogP contribution in [-0.4, -0.2) is 43.3 Å². The normalized spacial score (nSPS) is 16.4. The highest BCUT2D eigenvalue weighted by Crippen LogP contribution is 2.15. The molecule has 1 aromatic rings. The molecule has 0 saturated carbocycles. The molecule has 2 amide bonds. The van der Waals surface area contributed by atoms with Gasteiger partial charge in [0.15, 0.2) is 0 Å². The van der Waals surface area contributed by atoms with Gasteiger partial charge in [0.1, 0.15) is 0 Å². The SMILES string of the molecule is NCCOC1CCN(C(=O)Nc2ccccc2)CC1. The number of piperidine rings is 1. The highest BCUT2D eigenvalue weighted by atomic mass is 16.5. The first kappa shape index (κ1) is 13.8. The molecule has 1 fully saturated rings. The second-order valence-corrected chi connectivity index (χ2v) is 4.64. The van der Waals surface area contributed by atoms with Gasteiger partial charge in [-0.05, 0) is 25.0 Å². The molecule has 0 bridgehead atoms. The first-order chi connectivity index (χ1) is 9.29. The fraction of sp³-hybridized carbons (Fsp3) is 0.500. The number of likely N-dealkylation sites (tertiary alicyclic amines) is 1. The van der Waals surface area contributed by atoms with E-state index < -0.39 is 0 Å². The van der Waals surface area contributed by atoms with Gasteiger partial charge in [0, 0.05) is 25.3 Å². The maximum Gasteiger partial charge on any atom is 0.321 e. The Morgan fingerprint density at radius 2 is 2.00 bits per heavy atom. The number of nitrogens with two attached hydrogens (primary N) is 1. The molecule has 1 heterocycles. The number of hydrogen-bond donors (Lipinski definition) is 2. The fourth-order valence-electron chi connectivity index (χ4n) is 2.18. The molecule has 5 nitrogen and oxygen atoms in total. The van der Waals surface area contributed by atoms with Crippen molar-refractivity contribution in [3.8, 4) is 0 Å². The smallest absolute Gasteiger partial charge is 0.321 e. The average molecular weight is 263 g/mol.